The average Bonchev–Trinajstić information content (AvgIpc) is 3.40. The zero-order chi connectivity index (χ0) is 22.2. The maximum Gasteiger partial charge on any atom is 0.233 e. The van der Waals surface area contributed by atoms with Crippen LogP contribution in [0.15, 0.2) is 41.4 Å². The van der Waals surface area contributed by atoms with Crippen molar-refractivity contribution in [3.05, 3.63) is 42.0 Å². The van der Waals surface area contributed by atoms with Crippen LogP contribution in [0.1, 0.15) is 32.8 Å². The van der Waals surface area contributed by atoms with Crippen molar-refractivity contribution in [2.75, 3.05) is 20.1 Å². The highest BCUT2D eigenvalue weighted by Gasteiger charge is 2.58. The van der Waals surface area contributed by atoms with Crippen molar-refractivity contribution in [1.29, 1.82) is 0 Å². The number of para-hydroxylation sites is 1. The summed E-state index contributed by atoms with van der Waals surface area (Å²) in [5.74, 6) is 1.64. The molecule has 1 aromatic rings. The molecule has 4 rings (SSSR count). The molecule has 1 saturated carbocycles. The van der Waals surface area contributed by atoms with E-state index in [-0.39, 0.29) is 65.1 Å². The molecule has 0 spiro atoms. The van der Waals surface area contributed by atoms with Crippen molar-refractivity contribution in [3.63, 3.8) is 0 Å². The number of carbonyl (C=O) groups excluding carboxylic acids is 2. The molecular formula is C24H33IN4O3. The normalized spacial score (nSPS) is 26.2. The summed E-state index contributed by atoms with van der Waals surface area (Å²) in [5, 5.41) is 6.50. The van der Waals surface area contributed by atoms with E-state index in [4.69, 9.17) is 4.74 Å². The Morgan fingerprint density at radius 2 is 1.72 bits per heavy atom. The third-order valence-electron chi connectivity index (χ3n) is 6.25. The van der Waals surface area contributed by atoms with Gasteiger partial charge in [0, 0.05) is 32.2 Å². The Bertz CT molecular complexity index is 894. The molecule has 1 aromatic carbocycles. The van der Waals surface area contributed by atoms with Crippen LogP contribution in [0.4, 0.5) is 0 Å². The van der Waals surface area contributed by atoms with Crippen LogP contribution < -0.4 is 15.4 Å². The Morgan fingerprint density at radius 3 is 2.31 bits per heavy atom. The standard InChI is InChI=1S/C24H32N4O3.HI/c1-24(2,3)31-18-8-6-5-7-17(18)14-27-23(25-4)26-11-12-28-21(29)19-15-9-10-16(13-15)20(19)22(28)30;/h5-10,15-16,19-20H,11-14H2,1-4H3,(H2,25,26,27);1H. The van der Waals surface area contributed by atoms with Gasteiger partial charge < -0.3 is 15.4 Å². The Hall–Kier alpha value is -2.10. The fourth-order valence-corrected chi connectivity index (χ4v) is 4.95. The third kappa shape index (κ3) is 4.94. The number of allylic oxidation sites excluding steroid dienone is 2. The summed E-state index contributed by atoms with van der Waals surface area (Å²) in [5.41, 5.74) is 0.749. The Labute approximate surface area is 207 Å². The predicted octanol–water partition coefficient (Wildman–Crippen LogP) is 2.95. The number of nitrogens with zero attached hydrogens (tertiary/aromatic N) is 2. The second-order valence-electron chi connectivity index (χ2n) is 9.50. The van der Waals surface area contributed by atoms with E-state index in [9.17, 15) is 9.59 Å². The number of halogens is 1. The lowest BCUT2D eigenvalue weighted by Crippen LogP contribution is -2.43. The van der Waals surface area contributed by atoms with Gasteiger partial charge in [0.05, 0.1) is 11.8 Å². The van der Waals surface area contributed by atoms with Crippen molar-refractivity contribution in [2.45, 2.75) is 39.3 Å². The number of hydrogen-bond acceptors (Lipinski definition) is 4. The zero-order valence-electron chi connectivity index (χ0n) is 19.1. The second-order valence-corrected chi connectivity index (χ2v) is 9.50. The number of hydrogen-bond donors (Lipinski definition) is 2. The smallest absolute Gasteiger partial charge is 0.233 e. The zero-order valence-corrected chi connectivity index (χ0v) is 21.5. The Balaban J connectivity index is 0.00000289. The molecule has 0 radical (unpaired) electrons. The number of carbonyl (C=O) groups is 2. The number of likely N-dealkylation sites (tertiary alicyclic amines) is 1. The van der Waals surface area contributed by atoms with Gasteiger partial charge in [-0.2, -0.15) is 0 Å². The van der Waals surface area contributed by atoms with E-state index in [1.807, 2.05) is 45.0 Å². The van der Waals surface area contributed by atoms with Crippen LogP contribution in [0, 0.1) is 23.7 Å². The van der Waals surface area contributed by atoms with Crippen LogP contribution in [0.3, 0.4) is 0 Å². The van der Waals surface area contributed by atoms with Gasteiger partial charge in [-0.1, -0.05) is 30.4 Å². The first-order chi connectivity index (χ1) is 14.8. The molecule has 2 N–H and O–H groups in total. The molecule has 1 aliphatic heterocycles. The molecular weight excluding hydrogens is 519 g/mol. The van der Waals surface area contributed by atoms with Gasteiger partial charge in [0.25, 0.3) is 0 Å². The third-order valence-corrected chi connectivity index (χ3v) is 6.25. The molecule has 1 heterocycles. The molecule has 2 aliphatic carbocycles. The Morgan fingerprint density at radius 1 is 1.09 bits per heavy atom. The van der Waals surface area contributed by atoms with Gasteiger partial charge in [0.15, 0.2) is 5.96 Å². The van der Waals surface area contributed by atoms with Gasteiger partial charge in [0.1, 0.15) is 11.4 Å². The van der Waals surface area contributed by atoms with E-state index in [0.29, 0.717) is 25.6 Å². The minimum absolute atomic E-state index is 0. The number of imide groups is 1. The number of benzene rings is 1. The number of nitrogens with one attached hydrogen (secondary N) is 2. The molecule has 7 nitrogen and oxygen atoms in total. The quantitative estimate of drug-likeness (QED) is 0.187. The van der Waals surface area contributed by atoms with Crippen molar-refractivity contribution in [1.82, 2.24) is 15.5 Å². The first-order valence-electron chi connectivity index (χ1n) is 11.0. The van der Waals surface area contributed by atoms with Gasteiger partial charge in [0.2, 0.25) is 11.8 Å². The van der Waals surface area contributed by atoms with Crippen LogP contribution in [-0.4, -0.2) is 48.4 Å². The summed E-state index contributed by atoms with van der Waals surface area (Å²) in [6.07, 6.45) is 5.19. The second kappa shape index (κ2) is 9.80. The summed E-state index contributed by atoms with van der Waals surface area (Å²) in [4.78, 5) is 31.3. The highest BCUT2D eigenvalue weighted by molar-refractivity contribution is 14.0. The van der Waals surface area contributed by atoms with E-state index in [1.165, 1.54) is 4.90 Å². The lowest BCUT2D eigenvalue weighted by Gasteiger charge is -2.23. The van der Waals surface area contributed by atoms with E-state index in [0.717, 1.165) is 17.7 Å². The van der Waals surface area contributed by atoms with Crippen LogP contribution >= 0.6 is 24.0 Å². The highest BCUT2D eigenvalue weighted by atomic mass is 127. The van der Waals surface area contributed by atoms with E-state index in [1.54, 1.807) is 7.05 Å². The first kappa shape index (κ1) is 24.5. The molecule has 2 fully saturated rings. The molecule has 0 aromatic heterocycles. The summed E-state index contributed by atoms with van der Waals surface area (Å²) in [7, 11) is 1.70. The monoisotopic (exact) mass is 552 g/mol. The minimum Gasteiger partial charge on any atom is -0.488 e. The first-order valence-corrected chi connectivity index (χ1v) is 11.0. The molecule has 4 unspecified atom stereocenters. The summed E-state index contributed by atoms with van der Waals surface area (Å²) in [6, 6.07) is 7.91. The number of aliphatic imine (C=N–C) groups is 1. The maximum absolute atomic E-state index is 12.8. The number of ether oxygens (including phenoxy) is 1. The maximum atomic E-state index is 12.8. The predicted molar refractivity (Wildman–Crippen MR) is 135 cm³/mol. The van der Waals surface area contributed by atoms with Gasteiger partial charge in [-0.05, 0) is 45.1 Å². The highest BCUT2D eigenvalue weighted by Crippen LogP contribution is 2.52. The minimum atomic E-state index is -0.280. The van der Waals surface area contributed by atoms with E-state index >= 15 is 0 Å². The van der Waals surface area contributed by atoms with Crippen LogP contribution in [0.5, 0.6) is 5.75 Å². The molecule has 1 saturated heterocycles. The largest absolute Gasteiger partial charge is 0.488 e. The van der Waals surface area contributed by atoms with Crippen LogP contribution in [0.2, 0.25) is 0 Å². The lowest BCUT2D eigenvalue weighted by molar-refractivity contribution is -0.140. The number of fused-ring (bicyclic) bond motifs is 5. The van der Waals surface area contributed by atoms with Gasteiger partial charge >= 0.3 is 0 Å². The van der Waals surface area contributed by atoms with Gasteiger partial charge in [-0.25, -0.2) is 0 Å². The fraction of sp³-hybridized carbons (Fsp3) is 0.542. The van der Waals surface area contributed by atoms with Crippen molar-refractivity contribution in [3.8, 4) is 5.75 Å². The molecule has 8 heteroatoms. The summed E-state index contributed by atoms with van der Waals surface area (Å²) >= 11 is 0. The molecule has 4 atom stereocenters. The van der Waals surface area contributed by atoms with Crippen molar-refractivity contribution in [2.24, 2.45) is 28.7 Å². The summed E-state index contributed by atoms with van der Waals surface area (Å²) < 4.78 is 6.04. The molecule has 32 heavy (non-hydrogen) atoms. The number of rotatable bonds is 6. The molecule has 3 aliphatic rings. The molecule has 2 amide bonds. The molecule has 2 bridgehead atoms. The van der Waals surface area contributed by atoms with Crippen LogP contribution in [0.25, 0.3) is 0 Å². The topological polar surface area (TPSA) is 83.0 Å². The SMILES string of the molecule is CN=C(NCCN1C(=O)C2C3C=CC(C3)C2C1=O)NCc1ccccc1OC(C)(C)C.I. The average molecular weight is 552 g/mol. The van der Waals surface area contributed by atoms with Crippen LogP contribution in [-0.2, 0) is 16.1 Å². The van der Waals surface area contributed by atoms with Gasteiger partial charge in [-0.15, -0.1) is 24.0 Å². The van der Waals surface area contributed by atoms with Crippen molar-refractivity contribution < 1.29 is 14.3 Å². The van der Waals surface area contributed by atoms with Crippen molar-refractivity contribution >= 4 is 41.8 Å². The van der Waals surface area contributed by atoms with Gasteiger partial charge in [-0.3, -0.25) is 19.5 Å². The number of amides is 2. The summed E-state index contributed by atoms with van der Waals surface area (Å²) in [6.45, 7) is 7.43. The lowest BCUT2D eigenvalue weighted by atomic mass is 9.85. The van der Waals surface area contributed by atoms with E-state index in [2.05, 4.69) is 27.8 Å². The Kier molecular flexibility index (Phi) is 7.52. The number of guanidine groups is 1. The van der Waals surface area contributed by atoms with E-state index < -0.39 is 0 Å². The molecule has 174 valence electrons. The fourth-order valence-electron chi connectivity index (χ4n) is 4.95.